The largest absolute Gasteiger partial charge is 0.376 e. The maximum atomic E-state index is 10.7. The molecule has 0 atom stereocenters. The second-order valence-electron chi connectivity index (χ2n) is 1.75. The maximum Gasteiger partial charge on any atom is 0.224 e. The molecule has 8 heavy (non-hydrogen) atoms. The Labute approximate surface area is 50.7 Å². The van der Waals surface area contributed by atoms with Gasteiger partial charge in [-0.05, 0) is 6.42 Å². The Kier molecular flexibility index (Phi) is 0.921. The smallest absolute Gasteiger partial charge is 0.224 e. The van der Waals surface area contributed by atoms with E-state index in [2.05, 4.69) is 0 Å². The van der Waals surface area contributed by atoms with Crippen molar-refractivity contribution in [2.45, 2.75) is 12.8 Å². The molecule has 1 aliphatic heterocycles. The van der Waals surface area contributed by atoms with Crippen molar-refractivity contribution >= 4 is 5.91 Å². The van der Waals surface area contributed by atoms with E-state index in [1.165, 1.54) is 0 Å². The lowest BCUT2D eigenvalue weighted by Crippen LogP contribution is -2.24. The van der Waals surface area contributed by atoms with Gasteiger partial charge < -0.3 is 10.0 Å². The van der Waals surface area contributed by atoms with E-state index in [0.29, 0.717) is 19.4 Å². The number of carbonyl (C=O) groups excluding carboxylic acids is 1. The third kappa shape index (κ3) is 0.816. The molecule has 46 valence electrons. The average molecular weight is 117 g/mol. The van der Waals surface area contributed by atoms with Crippen LogP contribution in [0.15, 0.2) is 0 Å². The third-order valence-electron chi connectivity index (χ3n) is 1.19. The van der Waals surface area contributed by atoms with Crippen molar-refractivity contribution < 1.29 is 12.6 Å². The van der Waals surface area contributed by atoms with Crippen LogP contribution in [0.1, 0.15) is 15.6 Å². The van der Waals surface area contributed by atoms with Gasteiger partial charge in [0.15, 0.2) is 0 Å². The fourth-order valence-electron chi connectivity index (χ4n) is 0.754. The first kappa shape index (κ1) is 3.45. The number of hydrogen-bond donors (Lipinski definition) is 1. The molecular weight excluding hydrogens is 106 g/mol. The normalized spacial score (nSPS) is 25.6. The first-order valence-corrected chi connectivity index (χ1v) is 2.54. The molecular formula is C5H9NO2. The lowest BCUT2D eigenvalue weighted by Gasteiger charge is -2.08. The van der Waals surface area contributed by atoms with Gasteiger partial charge >= 0.3 is 0 Å². The Morgan fingerprint density at radius 1 is 2.00 bits per heavy atom. The highest BCUT2D eigenvalue weighted by Crippen LogP contribution is 2.06. The zero-order chi connectivity index (χ0) is 7.78. The molecule has 0 aromatic heterocycles. The van der Waals surface area contributed by atoms with Crippen LogP contribution in [0.5, 0.6) is 0 Å². The monoisotopic (exact) mass is 117 g/mol. The van der Waals surface area contributed by atoms with Crippen LogP contribution in [0.3, 0.4) is 0 Å². The summed E-state index contributed by atoms with van der Waals surface area (Å²) in [5.41, 5.74) is 0. The highest BCUT2D eigenvalue weighted by Gasteiger charge is 2.17. The molecule has 0 unspecified atom stereocenters. The number of hydrogen-bond acceptors (Lipinski definition) is 2. The van der Waals surface area contributed by atoms with Crippen molar-refractivity contribution in [1.82, 2.24) is 4.90 Å². The van der Waals surface area contributed by atoms with E-state index in [4.69, 9.17) is 7.85 Å². The number of nitrogens with zero attached hydrogens (tertiary/aromatic N) is 1. The van der Waals surface area contributed by atoms with Gasteiger partial charge in [0, 0.05) is 13.0 Å². The van der Waals surface area contributed by atoms with Crippen LogP contribution < -0.4 is 0 Å². The molecule has 1 saturated heterocycles. The number of amides is 1. The van der Waals surface area contributed by atoms with Gasteiger partial charge in [-0.2, -0.15) is 0 Å². The van der Waals surface area contributed by atoms with E-state index in [1.54, 1.807) is 0 Å². The molecule has 1 rings (SSSR count). The summed E-state index contributed by atoms with van der Waals surface area (Å²) in [6.07, 6.45) is 0.985. The Bertz CT molecular complexity index is 154. The minimum Gasteiger partial charge on any atom is -0.376 e. The van der Waals surface area contributed by atoms with E-state index >= 15 is 0 Å². The zero-order valence-electron chi connectivity index (χ0n) is 6.42. The van der Waals surface area contributed by atoms with Gasteiger partial charge in [-0.3, -0.25) is 4.79 Å². The quantitative estimate of drug-likeness (QED) is 0.505. The Balaban J connectivity index is 2.64. The number of likely N-dealkylation sites (tertiary alicyclic amines) is 1. The molecule has 1 N–H and O–H groups in total. The highest BCUT2D eigenvalue weighted by molar-refractivity contribution is 5.77. The molecule has 0 aromatic carbocycles. The number of aliphatic hydroxyl groups is 1. The summed E-state index contributed by atoms with van der Waals surface area (Å²) in [7, 11) is 0. The zero-order valence-corrected chi connectivity index (χ0v) is 4.42. The second kappa shape index (κ2) is 2.13. The molecule has 3 heteroatoms. The molecule has 1 heterocycles. The van der Waals surface area contributed by atoms with Crippen molar-refractivity contribution in [3.63, 3.8) is 0 Å². The summed E-state index contributed by atoms with van der Waals surface area (Å²) in [5, 5.41) is 8.73. The molecule has 1 amide bonds. The molecule has 0 aromatic rings. The van der Waals surface area contributed by atoms with E-state index < -0.39 is 6.68 Å². The standard InChI is InChI=1S/C5H9NO2/c7-4-6-3-1-2-5(6)8/h7H,1-4H2/i4D2. The summed E-state index contributed by atoms with van der Waals surface area (Å²) in [4.78, 5) is 11.6. The van der Waals surface area contributed by atoms with Crippen LogP contribution in [0.25, 0.3) is 0 Å². The van der Waals surface area contributed by atoms with Crippen LogP contribution in [0.2, 0.25) is 0 Å². The van der Waals surface area contributed by atoms with Gasteiger partial charge in [0.05, 0.1) is 2.74 Å². The Morgan fingerprint density at radius 2 is 2.75 bits per heavy atom. The van der Waals surface area contributed by atoms with Crippen molar-refractivity contribution in [1.29, 1.82) is 0 Å². The van der Waals surface area contributed by atoms with Crippen molar-refractivity contribution in [3.05, 3.63) is 0 Å². The molecule has 1 fully saturated rings. The summed E-state index contributed by atoms with van der Waals surface area (Å²) < 4.78 is 13.6. The highest BCUT2D eigenvalue weighted by atomic mass is 16.3. The van der Waals surface area contributed by atoms with Gasteiger partial charge in [-0.25, -0.2) is 0 Å². The fraction of sp³-hybridized carbons (Fsp3) is 0.800. The molecule has 0 spiro atoms. The first-order chi connectivity index (χ1) is 4.52. The van der Waals surface area contributed by atoms with Crippen molar-refractivity contribution in [2.24, 2.45) is 0 Å². The van der Waals surface area contributed by atoms with Gasteiger partial charge in [-0.1, -0.05) is 0 Å². The summed E-state index contributed by atoms with van der Waals surface area (Å²) in [6.45, 7) is -2.14. The van der Waals surface area contributed by atoms with Crippen molar-refractivity contribution in [3.8, 4) is 0 Å². The second-order valence-corrected chi connectivity index (χ2v) is 1.75. The van der Waals surface area contributed by atoms with Gasteiger partial charge in [0.2, 0.25) is 5.91 Å². The Hall–Kier alpha value is -0.570. The van der Waals surface area contributed by atoms with Crippen LogP contribution in [0.4, 0.5) is 0 Å². The molecule has 1 aliphatic rings. The summed E-state index contributed by atoms with van der Waals surface area (Å²) in [5.74, 6) is -0.312. The molecule has 0 aliphatic carbocycles. The van der Waals surface area contributed by atoms with Gasteiger partial charge in [0.1, 0.15) is 6.68 Å². The SMILES string of the molecule is [2H]C([2H])(O)N1CCCC1=O. The lowest BCUT2D eigenvalue weighted by molar-refractivity contribution is -0.130. The van der Waals surface area contributed by atoms with Crippen molar-refractivity contribution in [2.75, 3.05) is 13.2 Å². The topological polar surface area (TPSA) is 40.5 Å². The molecule has 0 bridgehead atoms. The number of rotatable bonds is 1. The van der Waals surface area contributed by atoms with E-state index in [1.807, 2.05) is 0 Å². The minimum atomic E-state index is -2.46. The predicted molar refractivity (Wildman–Crippen MR) is 28.0 cm³/mol. The number of carbonyl (C=O) groups is 1. The van der Waals surface area contributed by atoms with E-state index in [0.717, 1.165) is 4.90 Å². The third-order valence-corrected chi connectivity index (χ3v) is 1.19. The average Bonchev–Trinajstić information content (AvgIpc) is 2.11. The summed E-state index contributed by atoms with van der Waals surface area (Å²) in [6, 6.07) is 0. The van der Waals surface area contributed by atoms with Gasteiger partial charge in [-0.15, -0.1) is 0 Å². The van der Waals surface area contributed by atoms with E-state index in [9.17, 15) is 4.79 Å². The van der Waals surface area contributed by atoms with Crippen LogP contribution in [-0.2, 0) is 4.79 Å². The summed E-state index contributed by atoms with van der Waals surface area (Å²) >= 11 is 0. The molecule has 3 nitrogen and oxygen atoms in total. The molecule has 0 radical (unpaired) electrons. The van der Waals surface area contributed by atoms with E-state index in [-0.39, 0.29) is 5.91 Å². The van der Waals surface area contributed by atoms with Crippen LogP contribution in [-0.4, -0.2) is 29.1 Å². The van der Waals surface area contributed by atoms with Gasteiger partial charge in [0.25, 0.3) is 0 Å². The van der Waals surface area contributed by atoms with Crippen LogP contribution in [0, 0.1) is 0 Å². The fourth-order valence-corrected chi connectivity index (χ4v) is 0.754. The first-order valence-electron chi connectivity index (χ1n) is 3.54. The maximum absolute atomic E-state index is 10.7. The Morgan fingerprint density at radius 3 is 3.00 bits per heavy atom. The lowest BCUT2D eigenvalue weighted by atomic mass is 10.4. The minimum absolute atomic E-state index is 0.312. The van der Waals surface area contributed by atoms with Crippen LogP contribution >= 0.6 is 0 Å². The molecule has 0 saturated carbocycles. The predicted octanol–water partition coefficient (Wildman–Crippen LogP) is -0.441.